The lowest BCUT2D eigenvalue weighted by atomic mass is 9.95. The second kappa shape index (κ2) is 6.74. The predicted molar refractivity (Wildman–Crippen MR) is 76.4 cm³/mol. The first-order chi connectivity index (χ1) is 9.83. The van der Waals surface area contributed by atoms with Crippen LogP contribution in [0.1, 0.15) is 49.8 Å². The lowest BCUT2D eigenvalue weighted by molar-refractivity contribution is -0.0405. The molecule has 4 heteroatoms. The van der Waals surface area contributed by atoms with Crippen LogP contribution in [0.2, 0.25) is 0 Å². The largest absolute Gasteiger partial charge is 0.467 e. The number of ether oxygens (including phenoxy) is 2. The molecule has 2 fully saturated rings. The van der Waals surface area contributed by atoms with Crippen molar-refractivity contribution in [1.82, 2.24) is 5.32 Å². The van der Waals surface area contributed by atoms with Gasteiger partial charge < -0.3 is 19.2 Å². The first-order valence-corrected chi connectivity index (χ1v) is 7.77. The van der Waals surface area contributed by atoms with Gasteiger partial charge in [0.05, 0.1) is 18.5 Å². The van der Waals surface area contributed by atoms with E-state index in [1.807, 2.05) is 6.26 Å². The van der Waals surface area contributed by atoms with E-state index in [1.54, 1.807) is 7.11 Å². The third kappa shape index (κ3) is 4.08. The van der Waals surface area contributed by atoms with Crippen molar-refractivity contribution in [3.8, 4) is 0 Å². The summed E-state index contributed by atoms with van der Waals surface area (Å²) in [6.07, 6.45) is 9.64. The maximum atomic E-state index is 5.96. The normalized spacial score (nSPS) is 26.9. The van der Waals surface area contributed by atoms with E-state index in [-0.39, 0.29) is 0 Å². The molecule has 3 rings (SSSR count). The van der Waals surface area contributed by atoms with Gasteiger partial charge >= 0.3 is 0 Å². The number of rotatable bonds is 7. The summed E-state index contributed by atoms with van der Waals surface area (Å²) in [7, 11) is 1.79. The average Bonchev–Trinajstić information content (AvgIpc) is 3.21. The molecule has 4 nitrogen and oxygen atoms in total. The molecule has 2 aliphatic carbocycles. The minimum absolute atomic E-state index is 0.312. The third-order valence-corrected chi connectivity index (χ3v) is 4.25. The average molecular weight is 279 g/mol. The molecule has 1 N–H and O–H groups in total. The second-order valence-corrected chi connectivity index (χ2v) is 6.03. The molecule has 1 heterocycles. The topological polar surface area (TPSA) is 43.6 Å². The molecule has 2 atom stereocenters. The molecular formula is C16H25NO3. The van der Waals surface area contributed by atoms with Crippen molar-refractivity contribution >= 4 is 0 Å². The zero-order valence-electron chi connectivity index (χ0n) is 12.3. The van der Waals surface area contributed by atoms with Crippen molar-refractivity contribution in [3.63, 3.8) is 0 Å². The quantitative estimate of drug-likeness (QED) is 0.833. The highest BCUT2D eigenvalue weighted by Crippen LogP contribution is 2.24. The van der Waals surface area contributed by atoms with Crippen LogP contribution in [0.4, 0.5) is 0 Å². The molecule has 0 spiro atoms. The van der Waals surface area contributed by atoms with Gasteiger partial charge in [0, 0.05) is 25.3 Å². The molecule has 112 valence electrons. The van der Waals surface area contributed by atoms with Gasteiger partial charge in [0.15, 0.2) is 0 Å². The molecule has 0 saturated heterocycles. The summed E-state index contributed by atoms with van der Waals surface area (Å²) >= 11 is 0. The van der Waals surface area contributed by atoms with Gasteiger partial charge in [0.25, 0.3) is 0 Å². The maximum Gasteiger partial charge on any atom is 0.129 e. The van der Waals surface area contributed by atoms with Crippen molar-refractivity contribution in [1.29, 1.82) is 0 Å². The number of methoxy groups -OCH3 is 1. The Morgan fingerprint density at radius 2 is 2.10 bits per heavy atom. The monoisotopic (exact) mass is 279 g/mol. The van der Waals surface area contributed by atoms with E-state index in [1.165, 1.54) is 24.8 Å². The molecule has 2 saturated carbocycles. The van der Waals surface area contributed by atoms with Crippen molar-refractivity contribution in [2.75, 3.05) is 7.11 Å². The van der Waals surface area contributed by atoms with E-state index in [0.29, 0.717) is 18.8 Å². The van der Waals surface area contributed by atoms with Crippen LogP contribution in [0.15, 0.2) is 16.7 Å². The number of nitrogens with one attached hydrogen (secondary N) is 1. The molecule has 1 aromatic heterocycles. The fourth-order valence-corrected chi connectivity index (χ4v) is 2.81. The van der Waals surface area contributed by atoms with E-state index in [2.05, 4.69) is 11.4 Å². The summed E-state index contributed by atoms with van der Waals surface area (Å²) in [6.45, 7) is 1.48. The van der Waals surface area contributed by atoms with Crippen LogP contribution in [0.25, 0.3) is 0 Å². The highest BCUT2D eigenvalue weighted by molar-refractivity contribution is 5.12. The molecule has 1 aromatic rings. The van der Waals surface area contributed by atoms with Gasteiger partial charge in [-0.05, 0) is 44.6 Å². The molecule has 0 aliphatic heterocycles. The Hall–Kier alpha value is -0.840. The SMILES string of the molecule is COC1CCCC(OCc2cc(CNC3CC3)co2)C1. The van der Waals surface area contributed by atoms with Crippen LogP contribution in [0.5, 0.6) is 0 Å². The van der Waals surface area contributed by atoms with E-state index < -0.39 is 0 Å². The fourth-order valence-electron chi connectivity index (χ4n) is 2.81. The standard InChI is InChI=1S/C16H25NO3/c1-18-14-3-2-4-15(8-14)20-11-16-7-12(10-19-16)9-17-13-5-6-13/h7,10,13-15,17H,2-6,8-9,11H2,1H3. The first kappa shape index (κ1) is 14.1. The number of furan rings is 1. The zero-order chi connectivity index (χ0) is 13.8. The summed E-state index contributed by atoms with van der Waals surface area (Å²) in [6, 6.07) is 2.84. The predicted octanol–water partition coefficient (Wildman–Crippen LogP) is 3.01. The summed E-state index contributed by atoms with van der Waals surface area (Å²) in [5, 5.41) is 3.49. The van der Waals surface area contributed by atoms with E-state index in [0.717, 1.165) is 37.6 Å². The van der Waals surface area contributed by atoms with Crippen LogP contribution in [-0.4, -0.2) is 25.4 Å². The smallest absolute Gasteiger partial charge is 0.129 e. The van der Waals surface area contributed by atoms with Crippen molar-refractivity contribution < 1.29 is 13.9 Å². The van der Waals surface area contributed by atoms with Gasteiger partial charge in [0.2, 0.25) is 0 Å². The summed E-state index contributed by atoms with van der Waals surface area (Å²) < 4.78 is 16.9. The fraction of sp³-hybridized carbons (Fsp3) is 0.750. The highest BCUT2D eigenvalue weighted by Gasteiger charge is 2.23. The Labute approximate surface area is 120 Å². The van der Waals surface area contributed by atoms with Gasteiger partial charge in [-0.15, -0.1) is 0 Å². The van der Waals surface area contributed by atoms with Gasteiger partial charge in [0.1, 0.15) is 12.4 Å². The lowest BCUT2D eigenvalue weighted by Gasteiger charge is -2.27. The van der Waals surface area contributed by atoms with Crippen LogP contribution >= 0.6 is 0 Å². The van der Waals surface area contributed by atoms with Crippen LogP contribution in [0, 0.1) is 0 Å². The third-order valence-electron chi connectivity index (χ3n) is 4.25. The molecule has 0 radical (unpaired) electrons. The Balaban J connectivity index is 1.40. The molecule has 0 bridgehead atoms. The Morgan fingerprint density at radius 3 is 2.90 bits per heavy atom. The van der Waals surface area contributed by atoms with E-state index >= 15 is 0 Å². The van der Waals surface area contributed by atoms with Gasteiger partial charge in [-0.2, -0.15) is 0 Å². The van der Waals surface area contributed by atoms with Crippen LogP contribution in [0.3, 0.4) is 0 Å². The minimum Gasteiger partial charge on any atom is -0.467 e. The second-order valence-electron chi connectivity index (χ2n) is 6.03. The van der Waals surface area contributed by atoms with Crippen LogP contribution in [-0.2, 0) is 22.6 Å². The summed E-state index contributed by atoms with van der Waals surface area (Å²) in [4.78, 5) is 0. The van der Waals surface area contributed by atoms with Crippen LogP contribution < -0.4 is 5.32 Å². The number of hydrogen-bond donors (Lipinski definition) is 1. The Morgan fingerprint density at radius 1 is 1.25 bits per heavy atom. The lowest BCUT2D eigenvalue weighted by Crippen LogP contribution is -2.27. The van der Waals surface area contributed by atoms with E-state index in [9.17, 15) is 0 Å². The maximum absolute atomic E-state index is 5.96. The van der Waals surface area contributed by atoms with E-state index in [4.69, 9.17) is 13.9 Å². The highest BCUT2D eigenvalue weighted by atomic mass is 16.5. The first-order valence-electron chi connectivity index (χ1n) is 7.77. The van der Waals surface area contributed by atoms with Crippen molar-refractivity contribution in [2.45, 2.75) is 69.9 Å². The zero-order valence-corrected chi connectivity index (χ0v) is 12.3. The molecule has 0 amide bonds. The summed E-state index contributed by atoms with van der Waals surface area (Å²) in [5.41, 5.74) is 1.22. The van der Waals surface area contributed by atoms with Crippen molar-refractivity contribution in [2.24, 2.45) is 0 Å². The van der Waals surface area contributed by atoms with Gasteiger partial charge in [-0.25, -0.2) is 0 Å². The Kier molecular flexibility index (Phi) is 4.76. The van der Waals surface area contributed by atoms with Crippen molar-refractivity contribution in [3.05, 3.63) is 23.7 Å². The Bertz CT molecular complexity index is 414. The van der Waals surface area contributed by atoms with Gasteiger partial charge in [-0.3, -0.25) is 0 Å². The molecule has 2 unspecified atom stereocenters. The molecular weight excluding hydrogens is 254 g/mol. The number of hydrogen-bond acceptors (Lipinski definition) is 4. The molecule has 2 aliphatic rings. The minimum atomic E-state index is 0.312. The molecule has 0 aromatic carbocycles. The summed E-state index contributed by atoms with van der Waals surface area (Å²) in [5.74, 6) is 0.928. The molecule has 20 heavy (non-hydrogen) atoms. The van der Waals surface area contributed by atoms with Gasteiger partial charge in [-0.1, -0.05) is 0 Å².